The fourth-order valence-corrected chi connectivity index (χ4v) is 2.11. The van der Waals surface area contributed by atoms with Crippen LogP contribution in [0.3, 0.4) is 0 Å². The Bertz CT molecular complexity index is 440. The van der Waals surface area contributed by atoms with E-state index in [4.69, 9.17) is 18.0 Å². The maximum Gasteiger partial charge on any atom is 0.136 e. The molecule has 1 aromatic rings. The molecule has 3 nitrogen and oxygen atoms in total. The van der Waals surface area contributed by atoms with Gasteiger partial charge in [0.15, 0.2) is 0 Å². The van der Waals surface area contributed by atoms with Crippen molar-refractivity contribution >= 4 is 23.0 Å². The van der Waals surface area contributed by atoms with Gasteiger partial charge in [-0.3, -0.25) is 0 Å². The Hall–Kier alpha value is -1.16. The predicted octanol–water partition coefficient (Wildman–Crippen LogP) is 2.23. The predicted molar refractivity (Wildman–Crippen MR) is 70.7 cm³/mol. The van der Waals surface area contributed by atoms with Crippen LogP contribution in [0.25, 0.3) is 0 Å². The van der Waals surface area contributed by atoms with Crippen molar-refractivity contribution in [1.29, 1.82) is 0 Å². The van der Waals surface area contributed by atoms with Crippen LogP contribution < -0.4 is 11.1 Å². The number of nitrogens with two attached hydrogens (primary N) is 1. The van der Waals surface area contributed by atoms with Gasteiger partial charge in [0.25, 0.3) is 0 Å². The minimum Gasteiger partial charge on any atom is -0.389 e. The van der Waals surface area contributed by atoms with Crippen LogP contribution in [0.1, 0.15) is 31.4 Å². The monoisotopic (exact) mass is 235 g/mol. The molecule has 1 atom stereocenters. The van der Waals surface area contributed by atoms with Gasteiger partial charge in [-0.2, -0.15) is 0 Å². The molecule has 0 spiro atoms. The Balaban J connectivity index is 2.27. The average molecular weight is 235 g/mol. The molecule has 1 aliphatic rings. The Labute approximate surface area is 101 Å². The molecule has 0 radical (unpaired) electrons. The molecule has 0 amide bonds. The molecular weight excluding hydrogens is 218 g/mol. The molecule has 1 heterocycles. The summed E-state index contributed by atoms with van der Waals surface area (Å²) in [5, 5.41) is 3.42. The van der Waals surface area contributed by atoms with Gasteiger partial charge in [-0.1, -0.05) is 26.1 Å². The lowest BCUT2D eigenvalue weighted by Gasteiger charge is -2.13. The van der Waals surface area contributed by atoms with Gasteiger partial charge in [0.2, 0.25) is 0 Å². The third kappa shape index (κ3) is 2.02. The number of nitrogens with zero attached hydrogens (tertiary/aromatic N) is 1. The highest BCUT2D eigenvalue weighted by Gasteiger charge is 2.46. The molecule has 0 aliphatic heterocycles. The summed E-state index contributed by atoms with van der Waals surface area (Å²) in [7, 11) is 0. The smallest absolute Gasteiger partial charge is 0.136 e. The fraction of sp³-hybridized carbons (Fsp3) is 0.500. The van der Waals surface area contributed by atoms with Crippen molar-refractivity contribution in [2.75, 3.05) is 5.32 Å². The summed E-state index contributed by atoms with van der Waals surface area (Å²) >= 11 is 5.07. The molecule has 4 heteroatoms. The number of hydrogen-bond donors (Lipinski definition) is 2. The van der Waals surface area contributed by atoms with E-state index >= 15 is 0 Å². The van der Waals surface area contributed by atoms with E-state index in [-0.39, 0.29) is 0 Å². The Morgan fingerprint density at radius 3 is 2.75 bits per heavy atom. The minimum absolute atomic E-state index is 0.360. The summed E-state index contributed by atoms with van der Waals surface area (Å²) in [6, 6.07) is 2.41. The maximum absolute atomic E-state index is 5.73. The standard InChI is InChI=1S/C12H17N3S/c1-7-4-5-14-11(9(7)10(13)16)15-8-6-12(8,2)3/h4-5,8H,6H2,1-3H3,(H2,13,16)(H,14,15). The van der Waals surface area contributed by atoms with E-state index in [0.29, 0.717) is 16.4 Å². The van der Waals surface area contributed by atoms with Crippen molar-refractivity contribution in [1.82, 2.24) is 4.98 Å². The van der Waals surface area contributed by atoms with Gasteiger partial charge in [-0.15, -0.1) is 0 Å². The lowest BCUT2D eigenvalue weighted by molar-refractivity contribution is 0.630. The first kappa shape index (κ1) is 11.3. The molecule has 86 valence electrons. The zero-order valence-electron chi connectivity index (χ0n) is 9.87. The highest BCUT2D eigenvalue weighted by Crippen LogP contribution is 2.46. The summed E-state index contributed by atoms with van der Waals surface area (Å²) in [6.07, 6.45) is 2.95. The Morgan fingerprint density at radius 2 is 2.25 bits per heavy atom. The summed E-state index contributed by atoms with van der Waals surface area (Å²) in [4.78, 5) is 4.74. The van der Waals surface area contributed by atoms with Gasteiger partial charge >= 0.3 is 0 Å². The van der Waals surface area contributed by atoms with E-state index in [1.54, 1.807) is 6.20 Å². The molecule has 1 aliphatic carbocycles. The van der Waals surface area contributed by atoms with Crippen molar-refractivity contribution in [3.8, 4) is 0 Å². The largest absolute Gasteiger partial charge is 0.389 e. The van der Waals surface area contributed by atoms with Crippen molar-refractivity contribution in [2.24, 2.45) is 11.1 Å². The highest BCUT2D eigenvalue weighted by molar-refractivity contribution is 7.80. The molecule has 0 bridgehead atoms. The Kier molecular flexibility index (Phi) is 2.62. The molecule has 2 rings (SSSR count). The number of anilines is 1. The van der Waals surface area contributed by atoms with Crippen molar-refractivity contribution in [3.63, 3.8) is 0 Å². The molecule has 1 unspecified atom stereocenters. The number of hydrogen-bond acceptors (Lipinski definition) is 3. The first-order valence-corrected chi connectivity index (χ1v) is 5.84. The normalized spacial score (nSPS) is 21.6. The zero-order valence-corrected chi connectivity index (χ0v) is 10.7. The summed E-state index contributed by atoms with van der Waals surface area (Å²) in [5.41, 5.74) is 8.04. The van der Waals surface area contributed by atoms with E-state index in [0.717, 1.165) is 16.9 Å². The Morgan fingerprint density at radius 1 is 1.62 bits per heavy atom. The molecule has 1 saturated carbocycles. The first-order valence-electron chi connectivity index (χ1n) is 5.44. The van der Waals surface area contributed by atoms with Gasteiger partial charge < -0.3 is 11.1 Å². The lowest BCUT2D eigenvalue weighted by atomic mass is 10.1. The molecule has 0 aromatic carbocycles. The third-order valence-electron chi connectivity index (χ3n) is 3.23. The first-order chi connectivity index (χ1) is 7.42. The topological polar surface area (TPSA) is 50.9 Å². The number of aromatic nitrogens is 1. The van der Waals surface area contributed by atoms with Crippen LogP contribution in [0.5, 0.6) is 0 Å². The summed E-state index contributed by atoms with van der Waals surface area (Å²) in [5.74, 6) is 0.822. The molecule has 1 fully saturated rings. The highest BCUT2D eigenvalue weighted by atomic mass is 32.1. The van der Waals surface area contributed by atoms with Crippen LogP contribution in [-0.4, -0.2) is 16.0 Å². The van der Waals surface area contributed by atoms with Gasteiger partial charge in [0, 0.05) is 12.2 Å². The second-order valence-corrected chi connectivity index (χ2v) is 5.55. The zero-order chi connectivity index (χ0) is 11.9. The van der Waals surface area contributed by atoms with E-state index in [1.807, 2.05) is 13.0 Å². The fourth-order valence-electron chi connectivity index (χ4n) is 1.86. The van der Waals surface area contributed by atoms with Crippen LogP contribution in [0, 0.1) is 12.3 Å². The van der Waals surface area contributed by atoms with Crippen molar-refractivity contribution in [2.45, 2.75) is 33.2 Å². The van der Waals surface area contributed by atoms with E-state index < -0.39 is 0 Å². The van der Waals surface area contributed by atoms with Crippen molar-refractivity contribution in [3.05, 3.63) is 23.4 Å². The number of thiocarbonyl (C=S) groups is 1. The van der Waals surface area contributed by atoms with Crippen LogP contribution in [-0.2, 0) is 0 Å². The van der Waals surface area contributed by atoms with E-state index in [1.165, 1.54) is 6.42 Å². The quantitative estimate of drug-likeness (QED) is 0.789. The molecule has 0 saturated heterocycles. The van der Waals surface area contributed by atoms with Crippen molar-refractivity contribution < 1.29 is 0 Å². The van der Waals surface area contributed by atoms with Crippen LogP contribution in [0.2, 0.25) is 0 Å². The van der Waals surface area contributed by atoms with Crippen LogP contribution in [0.4, 0.5) is 5.82 Å². The molecular formula is C12H17N3S. The SMILES string of the molecule is Cc1ccnc(NC2CC2(C)C)c1C(N)=S. The van der Waals surface area contributed by atoms with E-state index in [9.17, 15) is 0 Å². The summed E-state index contributed by atoms with van der Waals surface area (Å²) < 4.78 is 0. The molecule has 3 N–H and O–H groups in total. The van der Waals surface area contributed by atoms with Crippen LogP contribution >= 0.6 is 12.2 Å². The second-order valence-electron chi connectivity index (χ2n) is 5.11. The maximum atomic E-state index is 5.73. The number of rotatable bonds is 3. The number of aryl methyl sites for hydroxylation is 1. The van der Waals surface area contributed by atoms with Gasteiger partial charge in [0.05, 0.1) is 5.56 Å². The lowest BCUT2D eigenvalue weighted by Crippen LogP contribution is -2.18. The number of nitrogens with one attached hydrogen (secondary N) is 1. The van der Waals surface area contributed by atoms with Gasteiger partial charge in [0.1, 0.15) is 10.8 Å². The second kappa shape index (κ2) is 3.70. The molecule has 1 aromatic heterocycles. The number of pyridine rings is 1. The third-order valence-corrected chi connectivity index (χ3v) is 3.43. The van der Waals surface area contributed by atoms with Gasteiger partial charge in [-0.05, 0) is 30.4 Å². The molecule has 16 heavy (non-hydrogen) atoms. The van der Waals surface area contributed by atoms with Crippen LogP contribution in [0.15, 0.2) is 12.3 Å². The summed E-state index contributed by atoms with van der Waals surface area (Å²) in [6.45, 7) is 6.47. The van der Waals surface area contributed by atoms with Gasteiger partial charge in [-0.25, -0.2) is 4.98 Å². The minimum atomic E-state index is 0.360. The average Bonchev–Trinajstić information content (AvgIpc) is 2.72. The van der Waals surface area contributed by atoms with E-state index in [2.05, 4.69) is 24.1 Å².